The normalized spacial score (nSPS) is 12.4. The molecule has 0 aromatic carbocycles. The number of anilines is 3. The van der Waals surface area contributed by atoms with E-state index in [0.29, 0.717) is 0 Å². The van der Waals surface area contributed by atoms with Crippen molar-refractivity contribution in [2.75, 3.05) is 29.8 Å². The Hall–Kier alpha value is -1.75. The SMILES string of the molecule is CC(C)(C)OOCN(COOC(C)(C)C)c1nc(N)nc(N)n1. The van der Waals surface area contributed by atoms with Crippen LogP contribution in [0.15, 0.2) is 0 Å². The van der Waals surface area contributed by atoms with E-state index < -0.39 is 11.2 Å². The minimum atomic E-state index is -0.467. The van der Waals surface area contributed by atoms with Crippen LogP contribution < -0.4 is 16.4 Å². The van der Waals surface area contributed by atoms with Crippen molar-refractivity contribution >= 4 is 17.8 Å². The first-order valence-corrected chi connectivity index (χ1v) is 7.09. The fourth-order valence-electron chi connectivity index (χ4n) is 1.22. The zero-order valence-electron chi connectivity index (χ0n) is 14.5. The third-order valence-corrected chi connectivity index (χ3v) is 1.98. The van der Waals surface area contributed by atoms with Crippen LogP contribution in [0.1, 0.15) is 41.5 Å². The molecule has 132 valence electrons. The molecule has 1 aromatic heterocycles. The molecule has 0 bridgehead atoms. The maximum Gasteiger partial charge on any atom is 0.235 e. The van der Waals surface area contributed by atoms with Gasteiger partial charge in [0.25, 0.3) is 0 Å². The van der Waals surface area contributed by atoms with Crippen molar-refractivity contribution in [3.63, 3.8) is 0 Å². The summed E-state index contributed by atoms with van der Waals surface area (Å²) < 4.78 is 0. The van der Waals surface area contributed by atoms with Gasteiger partial charge >= 0.3 is 0 Å². The van der Waals surface area contributed by atoms with Crippen molar-refractivity contribution < 1.29 is 19.6 Å². The molecule has 0 amide bonds. The smallest absolute Gasteiger partial charge is 0.235 e. The highest BCUT2D eigenvalue weighted by Crippen LogP contribution is 2.14. The highest BCUT2D eigenvalue weighted by atomic mass is 17.2. The predicted octanol–water partition coefficient (Wildman–Crippen LogP) is 1.25. The van der Waals surface area contributed by atoms with E-state index in [1.54, 1.807) is 0 Å². The van der Waals surface area contributed by atoms with E-state index in [0.717, 1.165) is 0 Å². The van der Waals surface area contributed by atoms with Crippen LogP contribution in [-0.4, -0.2) is 39.6 Å². The molecule has 10 nitrogen and oxygen atoms in total. The molecule has 0 saturated heterocycles. The van der Waals surface area contributed by atoms with Gasteiger partial charge in [-0.15, -0.1) is 0 Å². The minimum Gasteiger partial charge on any atom is -0.368 e. The van der Waals surface area contributed by atoms with E-state index >= 15 is 0 Å². The van der Waals surface area contributed by atoms with Crippen molar-refractivity contribution in [1.82, 2.24) is 15.0 Å². The number of rotatable bonds is 7. The number of nitrogen functional groups attached to an aromatic ring is 2. The van der Waals surface area contributed by atoms with Crippen molar-refractivity contribution in [2.45, 2.75) is 52.7 Å². The summed E-state index contributed by atoms with van der Waals surface area (Å²) in [7, 11) is 0. The molecule has 0 saturated carbocycles. The number of nitrogens with two attached hydrogens (primary N) is 2. The summed E-state index contributed by atoms with van der Waals surface area (Å²) >= 11 is 0. The van der Waals surface area contributed by atoms with Gasteiger partial charge in [0.1, 0.15) is 0 Å². The van der Waals surface area contributed by atoms with Crippen LogP contribution in [-0.2, 0) is 19.6 Å². The third kappa shape index (κ3) is 8.45. The molecule has 0 spiro atoms. The summed E-state index contributed by atoms with van der Waals surface area (Å²) in [6.45, 7) is 11.1. The van der Waals surface area contributed by atoms with Gasteiger partial charge in [0.2, 0.25) is 17.8 Å². The first-order chi connectivity index (χ1) is 10.5. The third-order valence-electron chi connectivity index (χ3n) is 1.98. The predicted molar refractivity (Wildman–Crippen MR) is 84.7 cm³/mol. The number of hydrogen-bond acceptors (Lipinski definition) is 10. The van der Waals surface area contributed by atoms with E-state index in [9.17, 15) is 0 Å². The second-order valence-electron chi connectivity index (χ2n) is 6.78. The van der Waals surface area contributed by atoms with Crippen molar-refractivity contribution in [3.8, 4) is 0 Å². The van der Waals surface area contributed by atoms with Gasteiger partial charge in [-0.3, -0.25) is 4.90 Å². The molecule has 0 aliphatic heterocycles. The van der Waals surface area contributed by atoms with Crippen LogP contribution in [0.25, 0.3) is 0 Å². The van der Waals surface area contributed by atoms with Gasteiger partial charge in [0, 0.05) is 0 Å². The molecule has 0 unspecified atom stereocenters. The van der Waals surface area contributed by atoms with Gasteiger partial charge in [0.05, 0.1) is 11.2 Å². The first kappa shape index (κ1) is 19.3. The van der Waals surface area contributed by atoms with Gasteiger partial charge in [0.15, 0.2) is 13.5 Å². The number of aromatic nitrogens is 3. The van der Waals surface area contributed by atoms with Crippen molar-refractivity contribution in [2.24, 2.45) is 0 Å². The zero-order chi connectivity index (χ0) is 17.7. The molecule has 1 rings (SSSR count). The molecule has 23 heavy (non-hydrogen) atoms. The van der Waals surface area contributed by atoms with E-state index in [1.807, 2.05) is 41.5 Å². The van der Waals surface area contributed by atoms with Gasteiger partial charge in [-0.25, -0.2) is 19.6 Å². The standard InChI is InChI=1S/C13H26N6O4/c1-12(2,3)22-20-7-19(8-21-23-13(4,5)6)11-17-9(14)16-10(15)18-11/h7-8H2,1-6H3,(H4,14,15,16,17,18). The Bertz CT molecular complexity index is 460. The zero-order valence-corrected chi connectivity index (χ0v) is 14.5. The Balaban J connectivity index is 2.74. The summed E-state index contributed by atoms with van der Waals surface area (Å²) in [4.78, 5) is 34.0. The molecule has 10 heteroatoms. The summed E-state index contributed by atoms with van der Waals surface area (Å²) in [6, 6.07) is 0. The lowest BCUT2D eigenvalue weighted by atomic mass is 10.2. The van der Waals surface area contributed by atoms with Crippen LogP contribution in [0.3, 0.4) is 0 Å². The second kappa shape index (κ2) is 7.68. The quantitative estimate of drug-likeness (QED) is 0.427. The molecular formula is C13H26N6O4. The first-order valence-electron chi connectivity index (χ1n) is 7.09. The van der Waals surface area contributed by atoms with Crippen LogP contribution in [0, 0.1) is 0 Å². The maximum absolute atomic E-state index is 5.58. The van der Waals surface area contributed by atoms with Gasteiger partial charge in [-0.2, -0.15) is 15.0 Å². The van der Waals surface area contributed by atoms with Gasteiger partial charge in [-0.1, -0.05) is 0 Å². The summed E-state index contributed by atoms with van der Waals surface area (Å²) in [5.74, 6) is 0.168. The molecule has 0 aliphatic rings. The largest absolute Gasteiger partial charge is 0.368 e. The average Bonchev–Trinajstić information content (AvgIpc) is 2.32. The Labute approximate surface area is 135 Å². The minimum absolute atomic E-state index is 0.00835. The summed E-state index contributed by atoms with van der Waals surface area (Å²) in [5, 5.41) is 0. The number of nitrogens with zero attached hydrogens (tertiary/aromatic N) is 4. The molecule has 0 radical (unpaired) electrons. The fraction of sp³-hybridized carbons (Fsp3) is 0.769. The van der Waals surface area contributed by atoms with E-state index in [-0.39, 0.29) is 31.3 Å². The highest BCUT2D eigenvalue weighted by molar-refractivity contribution is 5.38. The molecule has 1 heterocycles. The molecule has 0 atom stereocenters. The lowest BCUT2D eigenvalue weighted by molar-refractivity contribution is -0.364. The molecule has 1 aromatic rings. The Morgan fingerprint density at radius 1 is 0.783 bits per heavy atom. The van der Waals surface area contributed by atoms with Crippen LogP contribution >= 0.6 is 0 Å². The molecule has 0 aliphatic carbocycles. The lowest BCUT2D eigenvalue weighted by Gasteiger charge is -2.25. The average molecular weight is 330 g/mol. The van der Waals surface area contributed by atoms with E-state index in [2.05, 4.69) is 15.0 Å². The van der Waals surface area contributed by atoms with Crippen LogP contribution in [0.4, 0.5) is 17.8 Å². The highest BCUT2D eigenvalue weighted by Gasteiger charge is 2.18. The summed E-state index contributed by atoms with van der Waals surface area (Å²) in [6.07, 6.45) is 0. The topological polar surface area (TPSA) is 131 Å². The van der Waals surface area contributed by atoms with Crippen LogP contribution in [0.5, 0.6) is 0 Å². The molecular weight excluding hydrogens is 304 g/mol. The number of hydrogen-bond donors (Lipinski definition) is 2. The fourth-order valence-corrected chi connectivity index (χ4v) is 1.22. The summed E-state index contributed by atoms with van der Waals surface area (Å²) in [5.41, 5.74) is 10.2. The van der Waals surface area contributed by atoms with Crippen LogP contribution in [0.2, 0.25) is 0 Å². The second-order valence-corrected chi connectivity index (χ2v) is 6.78. The van der Waals surface area contributed by atoms with Gasteiger partial charge in [-0.05, 0) is 41.5 Å². The Morgan fingerprint density at radius 2 is 1.17 bits per heavy atom. The van der Waals surface area contributed by atoms with Crippen molar-refractivity contribution in [1.29, 1.82) is 0 Å². The van der Waals surface area contributed by atoms with E-state index in [1.165, 1.54) is 4.90 Å². The maximum atomic E-state index is 5.58. The Kier molecular flexibility index (Phi) is 6.45. The molecule has 4 N–H and O–H groups in total. The van der Waals surface area contributed by atoms with Crippen molar-refractivity contribution in [3.05, 3.63) is 0 Å². The lowest BCUT2D eigenvalue weighted by Crippen LogP contribution is -2.34. The van der Waals surface area contributed by atoms with Gasteiger partial charge < -0.3 is 11.5 Å². The molecule has 0 fully saturated rings. The Morgan fingerprint density at radius 3 is 1.52 bits per heavy atom. The van der Waals surface area contributed by atoms with E-state index in [4.69, 9.17) is 31.0 Å². The monoisotopic (exact) mass is 330 g/mol.